The zero-order valence-corrected chi connectivity index (χ0v) is 15.7. The second kappa shape index (κ2) is 9.24. The van der Waals surface area contributed by atoms with E-state index in [4.69, 9.17) is 0 Å². The lowest BCUT2D eigenvalue weighted by Crippen LogP contribution is -2.19. The number of unbranched alkanes of at least 4 members (excludes halogenated alkanes) is 2. The third-order valence-corrected chi connectivity index (χ3v) is 4.53. The summed E-state index contributed by atoms with van der Waals surface area (Å²) in [5, 5.41) is 22.9. The third-order valence-electron chi connectivity index (χ3n) is 4.53. The standard InChI is InChI=1S/C22H27N3O2/c1-2-3-5-10-20(27)24-22-23-19(15-16-8-6-4-7-9-16)21(25-22)17-11-13-18(26)14-12-17/h4,6-9,11-14,20,26-27H,2-3,5,10,15H2,1H3,(H2,23,24,25). The molecular weight excluding hydrogens is 338 g/mol. The molecule has 0 amide bonds. The van der Waals surface area contributed by atoms with Crippen LogP contribution in [-0.2, 0) is 6.42 Å². The summed E-state index contributed by atoms with van der Waals surface area (Å²) in [7, 11) is 0. The molecule has 0 aliphatic rings. The number of rotatable bonds is 9. The quantitative estimate of drug-likeness (QED) is 0.328. The molecule has 0 fully saturated rings. The molecule has 4 N–H and O–H groups in total. The predicted molar refractivity (Wildman–Crippen MR) is 109 cm³/mol. The van der Waals surface area contributed by atoms with E-state index in [1.807, 2.05) is 30.3 Å². The van der Waals surface area contributed by atoms with Gasteiger partial charge in [-0.05, 0) is 42.7 Å². The lowest BCUT2D eigenvalue weighted by molar-refractivity contribution is 0.188. The molecule has 1 unspecified atom stereocenters. The Labute approximate surface area is 160 Å². The maximum atomic E-state index is 10.2. The van der Waals surface area contributed by atoms with Gasteiger partial charge in [0.25, 0.3) is 0 Å². The van der Waals surface area contributed by atoms with E-state index in [-0.39, 0.29) is 5.75 Å². The van der Waals surface area contributed by atoms with Crippen molar-refractivity contribution in [3.8, 4) is 17.0 Å². The van der Waals surface area contributed by atoms with Gasteiger partial charge in [0.1, 0.15) is 12.0 Å². The number of phenolic OH excluding ortho intramolecular Hbond substituents is 1. The smallest absolute Gasteiger partial charge is 0.202 e. The van der Waals surface area contributed by atoms with E-state index in [1.54, 1.807) is 12.1 Å². The van der Waals surface area contributed by atoms with Gasteiger partial charge in [0, 0.05) is 17.7 Å². The molecule has 0 saturated carbocycles. The number of imidazole rings is 1. The first-order chi connectivity index (χ1) is 13.2. The van der Waals surface area contributed by atoms with Crippen LogP contribution in [0.3, 0.4) is 0 Å². The fourth-order valence-electron chi connectivity index (χ4n) is 3.08. The lowest BCUT2D eigenvalue weighted by atomic mass is 10.0. The van der Waals surface area contributed by atoms with Crippen LogP contribution in [0.1, 0.15) is 43.9 Å². The summed E-state index contributed by atoms with van der Waals surface area (Å²) in [6.07, 6.45) is 3.98. The summed E-state index contributed by atoms with van der Waals surface area (Å²) in [6.45, 7) is 2.14. The normalized spacial score (nSPS) is 12.1. The Morgan fingerprint density at radius 3 is 2.48 bits per heavy atom. The van der Waals surface area contributed by atoms with Crippen LogP contribution in [-0.4, -0.2) is 26.4 Å². The summed E-state index contributed by atoms with van der Waals surface area (Å²) in [4.78, 5) is 7.99. The number of phenols is 1. The molecular formula is C22H27N3O2. The van der Waals surface area contributed by atoms with Crippen LogP contribution >= 0.6 is 0 Å². The Kier molecular flexibility index (Phi) is 6.49. The van der Waals surface area contributed by atoms with Gasteiger partial charge >= 0.3 is 0 Å². The number of H-pyrrole nitrogens is 1. The van der Waals surface area contributed by atoms with Gasteiger partial charge in [-0.25, -0.2) is 4.98 Å². The molecule has 0 saturated heterocycles. The maximum Gasteiger partial charge on any atom is 0.202 e. The van der Waals surface area contributed by atoms with Gasteiger partial charge in [0.15, 0.2) is 0 Å². The van der Waals surface area contributed by atoms with E-state index >= 15 is 0 Å². The summed E-state index contributed by atoms with van der Waals surface area (Å²) in [6, 6.07) is 17.2. The zero-order valence-electron chi connectivity index (χ0n) is 15.7. The van der Waals surface area contributed by atoms with Crippen molar-refractivity contribution in [2.24, 2.45) is 0 Å². The Morgan fingerprint density at radius 2 is 1.78 bits per heavy atom. The van der Waals surface area contributed by atoms with Gasteiger partial charge in [0.2, 0.25) is 5.95 Å². The Balaban J connectivity index is 1.83. The molecule has 27 heavy (non-hydrogen) atoms. The van der Waals surface area contributed by atoms with E-state index in [0.29, 0.717) is 18.8 Å². The first-order valence-corrected chi connectivity index (χ1v) is 9.52. The molecule has 0 aliphatic heterocycles. The highest BCUT2D eigenvalue weighted by Gasteiger charge is 2.15. The number of hydrogen-bond acceptors (Lipinski definition) is 4. The number of benzene rings is 2. The van der Waals surface area contributed by atoms with E-state index in [2.05, 4.69) is 34.3 Å². The van der Waals surface area contributed by atoms with Crippen molar-refractivity contribution in [3.05, 3.63) is 65.9 Å². The van der Waals surface area contributed by atoms with Gasteiger partial charge in [-0.3, -0.25) is 0 Å². The van der Waals surface area contributed by atoms with Crippen LogP contribution in [0.15, 0.2) is 54.6 Å². The summed E-state index contributed by atoms with van der Waals surface area (Å²) < 4.78 is 0. The minimum Gasteiger partial charge on any atom is -0.508 e. The molecule has 1 aromatic heterocycles. The van der Waals surface area contributed by atoms with E-state index in [1.165, 1.54) is 5.56 Å². The van der Waals surface area contributed by atoms with Crippen molar-refractivity contribution >= 4 is 5.95 Å². The molecule has 0 radical (unpaired) electrons. The molecule has 0 spiro atoms. The van der Waals surface area contributed by atoms with Crippen molar-refractivity contribution in [1.29, 1.82) is 0 Å². The minimum atomic E-state index is -0.625. The predicted octanol–water partition coefficient (Wildman–Crippen LogP) is 4.68. The summed E-state index contributed by atoms with van der Waals surface area (Å²) in [5.41, 5.74) is 3.89. The fraction of sp³-hybridized carbons (Fsp3) is 0.318. The van der Waals surface area contributed by atoms with Crippen LogP contribution in [0.2, 0.25) is 0 Å². The lowest BCUT2D eigenvalue weighted by Gasteiger charge is -2.11. The SMILES string of the molecule is CCCCCC(O)Nc1nc(-c2ccc(O)cc2)c(Cc2ccccc2)[nH]1. The molecule has 142 valence electrons. The number of hydrogen-bond donors (Lipinski definition) is 4. The molecule has 3 aromatic rings. The molecule has 1 atom stereocenters. The van der Waals surface area contributed by atoms with E-state index < -0.39 is 6.23 Å². The number of aromatic hydroxyl groups is 1. The van der Waals surface area contributed by atoms with Crippen LogP contribution in [0, 0.1) is 0 Å². The third kappa shape index (κ3) is 5.34. The Hall–Kier alpha value is -2.79. The van der Waals surface area contributed by atoms with Crippen LogP contribution in [0.4, 0.5) is 5.95 Å². The monoisotopic (exact) mass is 365 g/mol. The molecule has 2 aromatic carbocycles. The van der Waals surface area contributed by atoms with Crippen molar-refractivity contribution in [3.63, 3.8) is 0 Å². The molecule has 0 bridgehead atoms. The number of aliphatic hydroxyl groups excluding tert-OH is 1. The summed E-state index contributed by atoms with van der Waals surface area (Å²) >= 11 is 0. The molecule has 5 nitrogen and oxygen atoms in total. The number of aliphatic hydroxyl groups is 1. The van der Waals surface area contributed by atoms with Crippen molar-refractivity contribution in [1.82, 2.24) is 9.97 Å². The maximum absolute atomic E-state index is 10.2. The molecule has 1 heterocycles. The highest BCUT2D eigenvalue weighted by molar-refractivity contribution is 5.65. The van der Waals surface area contributed by atoms with Crippen LogP contribution < -0.4 is 5.32 Å². The number of nitrogens with zero attached hydrogens (tertiary/aromatic N) is 1. The van der Waals surface area contributed by atoms with Crippen molar-refractivity contribution in [2.45, 2.75) is 45.3 Å². The van der Waals surface area contributed by atoms with Crippen LogP contribution in [0.25, 0.3) is 11.3 Å². The minimum absolute atomic E-state index is 0.226. The molecule has 3 rings (SSSR count). The number of aromatic nitrogens is 2. The second-order valence-corrected chi connectivity index (χ2v) is 6.78. The zero-order chi connectivity index (χ0) is 19.1. The molecule has 0 aliphatic carbocycles. The van der Waals surface area contributed by atoms with Crippen molar-refractivity contribution < 1.29 is 10.2 Å². The topological polar surface area (TPSA) is 81.2 Å². The first kappa shape index (κ1) is 19.0. The molecule has 5 heteroatoms. The van der Waals surface area contributed by atoms with Crippen LogP contribution in [0.5, 0.6) is 5.75 Å². The Morgan fingerprint density at radius 1 is 1.04 bits per heavy atom. The highest BCUT2D eigenvalue weighted by Crippen LogP contribution is 2.27. The van der Waals surface area contributed by atoms with Crippen molar-refractivity contribution in [2.75, 3.05) is 5.32 Å². The van der Waals surface area contributed by atoms with E-state index in [9.17, 15) is 10.2 Å². The second-order valence-electron chi connectivity index (χ2n) is 6.78. The van der Waals surface area contributed by atoms with Gasteiger partial charge in [-0.2, -0.15) is 0 Å². The average Bonchev–Trinajstić information content (AvgIpc) is 3.05. The fourth-order valence-corrected chi connectivity index (χ4v) is 3.08. The van der Waals surface area contributed by atoms with Gasteiger partial charge < -0.3 is 20.5 Å². The summed E-state index contributed by atoms with van der Waals surface area (Å²) in [5.74, 6) is 0.789. The van der Waals surface area contributed by atoms with Gasteiger partial charge in [0.05, 0.1) is 5.69 Å². The highest BCUT2D eigenvalue weighted by atomic mass is 16.3. The number of anilines is 1. The Bertz CT molecular complexity index is 829. The van der Waals surface area contributed by atoms with Gasteiger partial charge in [-0.1, -0.05) is 50.1 Å². The van der Waals surface area contributed by atoms with Gasteiger partial charge in [-0.15, -0.1) is 0 Å². The largest absolute Gasteiger partial charge is 0.508 e. The number of nitrogens with one attached hydrogen (secondary N) is 2. The first-order valence-electron chi connectivity index (χ1n) is 9.52. The van der Waals surface area contributed by atoms with E-state index in [0.717, 1.165) is 36.2 Å². The number of aromatic amines is 1. The average molecular weight is 365 g/mol.